The maximum atomic E-state index is 12.8. The summed E-state index contributed by atoms with van der Waals surface area (Å²) in [5, 5.41) is 1.80. The second-order valence-electron chi connectivity index (χ2n) is 4.78. The van der Waals surface area contributed by atoms with Crippen LogP contribution < -0.4 is 15.8 Å². The molecule has 0 aliphatic rings. The highest BCUT2D eigenvalue weighted by Gasteiger charge is 2.22. The molecule has 3 N–H and O–H groups in total. The average molecular weight is 318 g/mol. The van der Waals surface area contributed by atoms with Crippen molar-refractivity contribution in [2.75, 3.05) is 7.11 Å². The van der Waals surface area contributed by atoms with E-state index in [9.17, 15) is 9.00 Å². The van der Waals surface area contributed by atoms with Gasteiger partial charge >= 0.3 is 6.03 Å². The first-order chi connectivity index (χ1) is 10.5. The van der Waals surface area contributed by atoms with Gasteiger partial charge in [-0.2, -0.15) is 0 Å². The number of primary amides is 1. The third-order valence-corrected chi connectivity index (χ3v) is 4.69. The average Bonchev–Trinajstić information content (AvgIpc) is 2.52. The molecule has 0 saturated carbocycles. The van der Waals surface area contributed by atoms with E-state index in [-0.39, 0.29) is 0 Å². The van der Waals surface area contributed by atoms with E-state index in [1.807, 2.05) is 19.1 Å². The number of hydrogen-bond acceptors (Lipinski definition) is 3. The van der Waals surface area contributed by atoms with Crippen LogP contribution in [-0.2, 0) is 10.8 Å². The monoisotopic (exact) mass is 318 g/mol. The summed E-state index contributed by atoms with van der Waals surface area (Å²) in [7, 11) is 0.0694. The summed E-state index contributed by atoms with van der Waals surface area (Å²) in [6, 6.07) is 13.6. The van der Waals surface area contributed by atoms with E-state index in [0.29, 0.717) is 16.2 Å². The van der Waals surface area contributed by atoms with Crippen LogP contribution in [0.4, 0.5) is 4.79 Å². The molecule has 116 valence electrons. The summed E-state index contributed by atoms with van der Waals surface area (Å²) in [5.74, 6) is 0.620. The first kappa shape index (κ1) is 16.0. The first-order valence-electron chi connectivity index (χ1n) is 6.68. The minimum atomic E-state index is -1.48. The Balaban J connectivity index is 2.38. The zero-order valence-corrected chi connectivity index (χ0v) is 13.2. The van der Waals surface area contributed by atoms with Gasteiger partial charge in [-0.3, -0.25) is 4.21 Å². The fourth-order valence-electron chi connectivity index (χ4n) is 2.00. The number of rotatable bonds is 5. The van der Waals surface area contributed by atoms with E-state index in [2.05, 4.69) is 5.32 Å². The molecule has 0 aromatic heterocycles. The van der Waals surface area contributed by atoms with Gasteiger partial charge in [0.1, 0.15) is 11.1 Å². The lowest BCUT2D eigenvalue weighted by Gasteiger charge is -2.18. The van der Waals surface area contributed by atoms with Crippen LogP contribution in [0.15, 0.2) is 53.4 Å². The Labute approximate surface area is 131 Å². The predicted molar refractivity (Wildman–Crippen MR) is 86.0 cm³/mol. The number of hydrogen-bond donors (Lipinski definition) is 2. The fraction of sp³-hybridized carbons (Fsp3) is 0.188. The van der Waals surface area contributed by atoms with E-state index in [1.54, 1.807) is 43.5 Å². The number of nitrogens with one attached hydrogen (secondary N) is 1. The van der Waals surface area contributed by atoms with Crippen molar-refractivity contribution in [1.82, 2.24) is 5.32 Å². The third kappa shape index (κ3) is 3.85. The quantitative estimate of drug-likeness (QED) is 0.888. The molecule has 2 amide bonds. The Bertz CT molecular complexity index is 686. The Kier molecular flexibility index (Phi) is 5.16. The predicted octanol–water partition coefficient (Wildman–Crippen LogP) is 2.48. The van der Waals surface area contributed by atoms with Gasteiger partial charge in [0.25, 0.3) is 0 Å². The lowest BCUT2D eigenvalue weighted by Crippen LogP contribution is -2.35. The van der Waals surface area contributed by atoms with Gasteiger partial charge < -0.3 is 15.8 Å². The molecule has 2 unspecified atom stereocenters. The highest BCUT2D eigenvalue weighted by atomic mass is 32.2. The van der Waals surface area contributed by atoms with Gasteiger partial charge in [0.2, 0.25) is 0 Å². The molecular weight excluding hydrogens is 300 g/mol. The minimum Gasteiger partial charge on any atom is -0.497 e. The number of urea groups is 1. The van der Waals surface area contributed by atoms with Crippen LogP contribution in [0.1, 0.15) is 16.5 Å². The van der Waals surface area contributed by atoms with Gasteiger partial charge in [0.05, 0.1) is 17.9 Å². The number of benzene rings is 2. The van der Waals surface area contributed by atoms with Crippen LogP contribution in [0, 0.1) is 6.92 Å². The lowest BCUT2D eigenvalue weighted by atomic mass is 10.2. The number of nitrogens with two attached hydrogens (primary N) is 1. The number of carbonyl (C=O) groups excluding carboxylic acids is 1. The van der Waals surface area contributed by atoms with Crippen LogP contribution in [0.5, 0.6) is 5.75 Å². The highest BCUT2D eigenvalue weighted by molar-refractivity contribution is 7.85. The molecule has 22 heavy (non-hydrogen) atoms. The van der Waals surface area contributed by atoms with Crippen molar-refractivity contribution in [1.29, 1.82) is 0 Å². The largest absolute Gasteiger partial charge is 0.497 e. The molecule has 2 rings (SSSR count). The molecule has 0 spiro atoms. The number of methoxy groups -OCH3 is 1. The van der Waals surface area contributed by atoms with Gasteiger partial charge in [0, 0.05) is 4.90 Å². The standard InChI is InChI=1S/C16H18N2O3S/c1-11-6-8-14(9-7-11)22(20)15(18-16(17)19)12-4-3-5-13(10-12)21-2/h3-10,15H,1-2H3,(H3,17,18,19). The zero-order valence-electron chi connectivity index (χ0n) is 12.4. The molecule has 2 aromatic rings. The smallest absolute Gasteiger partial charge is 0.313 e. The van der Waals surface area contributed by atoms with Crippen molar-refractivity contribution in [2.24, 2.45) is 5.73 Å². The number of carbonyl (C=O) groups is 1. The van der Waals surface area contributed by atoms with Crippen LogP contribution in [-0.4, -0.2) is 17.3 Å². The molecule has 6 heteroatoms. The van der Waals surface area contributed by atoms with Gasteiger partial charge in [-0.05, 0) is 36.8 Å². The van der Waals surface area contributed by atoms with E-state index in [4.69, 9.17) is 10.5 Å². The van der Waals surface area contributed by atoms with Crippen molar-refractivity contribution in [3.63, 3.8) is 0 Å². The van der Waals surface area contributed by atoms with Crippen LogP contribution in [0.2, 0.25) is 0 Å². The molecule has 5 nitrogen and oxygen atoms in total. The van der Waals surface area contributed by atoms with Crippen molar-refractivity contribution >= 4 is 16.8 Å². The van der Waals surface area contributed by atoms with Crippen molar-refractivity contribution in [2.45, 2.75) is 17.2 Å². The Morgan fingerprint density at radius 1 is 1.23 bits per heavy atom. The summed E-state index contributed by atoms with van der Waals surface area (Å²) in [6.07, 6.45) is 0. The van der Waals surface area contributed by atoms with Crippen LogP contribution in [0.3, 0.4) is 0 Å². The summed E-state index contributed by atoms with van der Waals surface area (Å²) in [6.45, 7) is 1.95. The van der Waals surface area contributed by atoms with Crippen molar-refractivity contribution < 1.29 is 13.7 Å². The number of aryl methyl sites for hydroxylation is 1. The summed E-state index contributed by atoms with van der Waals surface area (Å²) in [5.41, 5.74) is 6.96. The number of ether oxygens (including phenoxy) is 1. The molecule has 2 aromatic carbocycles. The second-order valence-corrected chi connectivity index (χ2v) is 6.31. The van der Waals surface area contributed by atoms with Crippen LogP contribution >= 0.6 is 0 Å². The molecule has 0 aliphatic carbocycles. The zero-order chi connectivity index (χ0) is 16.1. The van der Waals surface area contributed by atoms with Crippen molar-refractivity contribution in [3.8, 4) is 5.75 Å². The van der Waals surface area contributed by atoms with E-state index >= 15 is 0 Å². The Hall–Kier alpha value is -2.34. The molecule has 0 saturated heterocycles. The Morgan fingerprint density at radius 3 is 2.50 bits per heavy atom. The molecule has 0 bridgehead atoms. The second kappa shape index (κ2) is 7.09. The maximum absolute atomic E-state index is 12.8. The van der Waals surface area contributed by atoms with E-state index in [1.165, 1.54) is 0 Å². The highest BCUT2D eigenvalue weighted by Crippen LogP contribution is 2.26. The van der Waals surface area contributed by atoms with E-state index in [0.717, 1.165) is 5.56 Å². The maximum Gasteiger partial charge on any atom is 0.313 e. The molecule has 0 radical (unpaired) electrons. The molecule has 0 aliphatic heterocycles. The third-order valence-electron chi connectivity index (χ3n) is 3.14. The normalized spacial score (nSPS) is 13.2. The lowest BCUT2D eigenvalue weighted by molar-refractivity contribution is 0.248. The summed E-state index contributed by atoms with van der Waals surface area (Å²) in [4.78, 5) is 11.9. The SMILES string of the molecule is COc1cccc(C(NC(N)=O)S(=O)c2ccc(C)cc2)c1. The van der Waals surface area contributed by atoms with Crippen LogP contribution in [0.25, 0.3) is 0 Å². The summed E-state index contributed by atoms with van der Waals surface area (Å²) >= 11 is 0. The molecule has 0 fully saturated rings. The number of amides is 2. The Morgan fingerprint density at radius 2 is 1.91 bits per heavy atom. The van der Waals surface area contributed by atoms with Gasteiger partial charge in [-0.25, -0.2) is 4.79 Å². The topological polar surface area (TPSA) is 81.4 Å². The molecule has 2 atom stereocenters. The molecule has 0 heterocycles. The van der Waals surface area contributed by atoms with Gasteiger partial charge in [-0.1, -0.05) is 29.8 Å². The fourth-order valence-corrected chi connectivity index (χ4v) is 3.30. The summed E-state index contributed by atoms with van der Waals surface area (Å²) < 4.78 is 18.0. The van der Waals surface area contributed by atoms with Crippen molar-refractivity contribution in [3.05, 3.63) is 59.7 Å². The first-order valence-corrected chi connectivity index (χ1v) is 7.89. The van der Waals surface area contributed by atoms with Gasteiger partial charge in [0.15, 0.2) is 0 Å². The van der Waals surface area contributed by atoms with E-state index < -0.39 is 22.2 Å². The molecular formula is C16H18N2O3S. The van der Waals surface area contributed by atoms with Gasteiger partial charge in [-0.15, -0.1) is 0 Å². The minimum absolute atomic E-state index is 0.618.